The van der Waals surface area contributed by atoms with Crippen molar-refractivity contribution in [2.75, 3.05) is 13.1 Å². The standard InChI is InChI=1S/C3H4ClNO3S/c4-9(7,8)5-1-3(6)2-5/h1-2H2. The molecule has 0 aromatic carbocycles. The highest BCUT2D eigenvalue weighted by atomic mass is 35.7. The Labute approximate surface area is 57.0 Å². The Morgan fingerprint density at radius 2 is 1.89 bits per heavy atom. The van der Waals surface area contributed by atoms with Gasteiger partial charge in [-0.1, -0.05) is 0 Å². The maximum atomic E-state index is 10.3. The lowest BCUT2D eigenvalue weighted by Gasteiger charge is -2.24. The first-order valence-corrected chi connectivity index (χ1v) is 4.48. The smallest absolute Gasteiger partial charge is 0.297 e. The fourth-order valence-corrected chi connectivity index (χ4v) is 1.39. The van der Waals surface area contributed by atoms with E-state index in [1.54, 1.807) is 0 Å². The van der Waals surface area contributed by atoms with E-state index in [-0.39, 0.29) is 18.9 Å². The van der Waals surface area contributed by atoms with Crippen molar-refractivity contribution in [3.63, 3.8) is 0 Å². The summed E-state index contributed by atoms with van der Waals surface area (Å²) in [5.74, 6) is -0.0979. The molecule has 0 amide bonds. The number of carbonyl (C=O) groups is 1. The molecular weight excluding hydrogens is 166 g/mol. The second-order valence-electron chi connectivity index (χ2n) is 1.75. The third-order valence-electron chi connectivity index (χ3n) is 1.01. The van der Waals surface area contributed by atoms with Crippen LogP contribution in [-0.2, 0) is 14.0 Å². The van der Waals surface area contributed by atoms with Crippen molar-refractivity contribution in [2.45, 2.75) is 0 Å². The summed E-state index contributed by atoms with van der Waals surface area (Å²) < 4.78 is 21.5. The second kappa shape index (κ2) is 1.93. The molecule has 0 aliphatic carbocycles. The van der Waals surface area contributed by atoms with E-state index in [1.807, 2.05) is 0 Å². The lowest BCUT2D eigenvalue weighted by molar-refractivity contribution is -0.125. The lowest BCUT2D eigenvalue weighted by atomic mass is 10.3. The number of hydrogen-bond acceptors (Lipinski definition) is 3. The number of hydrogen-bond donors (Lipinski definition) is 0. The monoisotopic (exact) mass is 169 g/mol. The van der Waals surface area contributed by atoms with Gasteiger partial charge in [0.1, 0.15) is 0 Å². The summed E-state index contributed by atoms with van der Waals surface area (Å²) in [4.78, 5) is 10.2. The van der Waals surface area contributed by atoms with Crippen LogP contribution in [0.25, 0.3) is 0 Å². The maximum Gasteiger partial charge on any atom is 0.300 e. The molecule has 0 saturated carbocycles. The second-order valence-corrected chi connectivity index (χ2v) is 4.26. The molecular formula is C3H4ClNO3S. The third kappa shape index (κ3) is 1.41. The van der Waals surface area contributed by atoms with E-state index in [1.165, 1.54) is 0 Å². The molecule has 4 nitrogen and oxygen atoms in total. The van der Waals surface area contributed by atoms with Gasteiger partial charge in [0.2, 0.25) is 0 Å². The summed E-state index contributed by atoms with van der Waals surface area (Å²) in [5, 5.41) is 0. The Balaban J connectivity index is 2.61. The van der Waals surface area contributed by atoms with Crippen LogP contribution >= 0.6 is 10.7 Å². The van der Waals surface area contributed by atoms with Crippen molar-refractivity contribution in [1.82, 2.24) is 4.31 Å². The molecule has 0 N–H and O–H groups in total. The molecule has 52 valence electrons. The molecule has 1 fully saturated rings. The van der Waals surface area contributed by atoms with E-state index in [0.717, 1.165) is 4.31 Å². The van der Waals surface area contributed by atoms with Crippen LogP contribution in [0.1, 0.15) is 0 Å². The van der Waals surface area contributed by atoms with E-state index in [4.69, 9.17) is 10.7 Å². The Morgan fingerprint density at radius 3 is 2.00 bits per heavy atom. The van der Waals surface area contributed by atoms with Gasteiger partial charge in [-0.15, -0.1) is 0 Å². The molecule has 6 heteroatoms. The fraction of sp³-hybridized carbons (Fsp3) is 0.667. The highest BCUT2D eigenvalue weighted by Crippen LogP contribution is 2.12. The molecule has 0 atom stereocenters. The van der Waals surface area contributed by atoms with E-state index in [0.29, 0.717) is 0 Å². The Hall–Kier alpha value is -0.130. The van der Waals surface area contributed by atoms with Crippen molar-refractivity contribution in [3.05, 3.63) is 0 Å². The molecule has 1 aliphatic rings. The van der Waals surface area contributed by atoms with Crippen LogP contribution in [0.4, 0.5) is 0 Å². The average molecular weight is 170 g/mol. The van der Waals surface area contributed by atoms with E-state index in [2.05, 4.69) is 0 Å². The molecule has 1 saturated heterocycles. The van der Waals surface area contributed by atoms with Crippen LogP contribution < -0.4 is 0 Å². The predicted octanol–water partition coefficient (Wildman–Crippen LogP) is -0.645. The maximum absolute atomic E-state index is 10.3. The van der Waals surface area contributed by atoms with Crippen LogP contribution in [0.15, 0.2) is 0 Å². The topological polar surface area (TPSA) is 54.5 Å². The molecule has 0 spiro atoms. The van der Waals surface area contributed by atoms with Crippen LogP contribution in [0, 0.1) is 0 Å². The number of ketones is 1. The zero-order chi connectivity index (χ0) is 7.07. The predicted molar refractivity (Wildman–Crippen MR) is 31.4 cm³/mol. The van der Waals surface area contributed by atoms with Gasteiger partial charge < -0.3 is 0 Å². The summed E-state index contributed by atoms with van der Waals surface area (Å²) >= 11 is 0. The largest absolute Gasteiger partial charge is 0.300 e. The number of carbonyl (C=O) groups excluding carboxylic acids is 1. The van der Waals surface area contributed by atoms with Crippen molar-refractivity contribution in [2.24, 2.45) is 0 Å². The first kappa shape index (κ1) is 6.98. The van der Waals surface area contributed by atoms with E-state index < -0.39 is 9.24 Å². The molecule has 0 aromatic rings. The van der Waals surface area contributed by atoms with Gasteiger partial charge in [0.15, 0.2) is 5.78 Å². The van der Waals surface area contributed by atoms with Crippen LogP contribution in [0.5, 0.6) is 0 Å². The lowest BCUT2D eigenvalue weighted by Crippen LogP contribution is -2.48. The van der Waals surface area contributed by atoms with Gasteiger partial charge in [-0.25, -0.2) is 0 Å². The van der Waals surface area contributed by atoms with E-state index >= 15 is 0 Å². The number of nitrogens with zero attached hydrogens (tertiary/aromatic N) is 1. The SMILES string of the molecule is O=C1CN(S(=O)(=O)Cl)C1. The molecule has 1 rings (SSSR count). The Morgan fingerprint density at radius 1 is 1.44 bits per heavy atom. The summed E-state index contributed by atoms with van der Waals surface area (Å²) in [7, 11) is 1.23. The normalized spacial score (nSPS) is 21.7. The summed E-state index contributed by atoms with van der Waals surface area (Å²) in [6.45, 7) is -0.127. The van der Waals surface area contributed by atoms with Crippen molar-refractivity contribution in [3.8, 4) is 0 Å². The van der Waals surface area contributed by atoms with Crippen LogP contribution in [0.3, 0.4) is 0 Å². The van der Waals surface area contributed by atoms with Crippen LogP contribution in [-0.4, -0.2) is 31.6 Å². The van der Waals surface area contributed by atoms with Gasteiger partial charge in [0.25, 0.3) is 0 Å². The zero-order valence-corrected chi connectivity index (χ0v) is 5.94. The van der Waals surface area contributed by atoms with Gasteiger partial charge in [-0.3, -0.25) is 4.79 Å². The molecule has 1 heterocycles. The zero-order valence-electron chi connectivity index (χ0n) is 4.37. The van der Waals surface area contributed by atoms with Crippen molar-refractivity contribution < 1.29 is 13.2 Å². The molecule has 1 aliphatic heterocycles. The minimum Gasteiger partial charge on any atom is -0.297 e. The van der Waals surface area contributed by atoms with Gasteiger partial charge in [0.05, 0.1) is 13.1 Å². The van der Waals surface area contributed by atoms with Crippen LogP contribution in [0.2, 0.25) is 0 Å². The fourth-order valence-electron chi connectivity index (χ4n) is 0.501. The highest BCUT2D eigenvalue weighted by Gasteiger charge is 2.32. The van der Waals surface area contributed by atoms with Gasteiger partial charge in [-0.05, 0) is 0 Å². The third-order valence-corrected chi connectivity index (χ3v) is 2.47. The quantitative estimate of drug-likeness (QED) is 0.491. The number of Topliss-reactive ketones (excluding diaryl/α,β-unsaturated/α-hetero) is 1. The molecule has 0 radical (unpaired) electrons. The minimum absolute atomic E-state index is 0.0637. The first-order valence-electron chi connectivity index (χ1n) is 2.21. The first-order chi connectivity index (χ1) is 4.00. The summed E-state index contributed by atoms with van der Waals surface area (Å²) in [5.41, 5.74) is 0. The van der Waals surface area contributed by atoms with Gasteiger partial charge >= 0.3 is 9.24 Å². The summed E-state index contributed by atoms with van der Waals surface area (Å²) in [6.07, 6.45) is 0. The molecule has 0 unspecified atom stereocenters. The number of rotatable bonds is 1. The van der Waals surface area contributed by atoms with E-state index in [9.17, 15) is 13.2 Å². The minimum atomic E-state index is -3.61. The average Bonchev–Trinajstić information content (AvgIpc) is 1.55. The number of halogens is 1. The summed E-state index contributed by atoms with van der Waals surface area (Å²) in [6, 6.07) is 0. The van der Waals surface area contributed by atoms with Gasteiger partial charge in [0, 0.05) is 10.7 Å². The highest BCUT2D eigenvalue weighted by molar-refractivity contribution is 8.12. The molecule has 9 heavy (non-hydrogen) atoms. The Bertz CT molecular complexity index is 225. The molecule has 0 aromatic heterocycles. The van der Waals surface area contributed by atoms with Crippen molar-refractivity contribution >= 4 is 25.7 Å². The van der Waals surface area contributed by atoms with Crippen molar-refractivity contribution in [1.29, 1.82) is 0 Å². The van der Waals surface area contributed by atoms with Gasteiger partial charge in [-0.2, -0.15) is 12.7 Å². The Kier molecular flexibility index (Phi) is 1.50. The molecule has 0 bridgehead atoms.